The maximum absolute atomic E-state index is 13.0. The number of ketones is 1. The first-order valence-electron chi connectivity index (χ1n) is 7.50. The molecule has 0 spiro atoms. The number of rotatable bonds is 2. The Balaban J connectivity index is 0.00000127. The van der Waals surface area contributed by atoms with Crippen LogP contribution in [0.3, 0.4) is 0 Å². The zero-order chi connectivity index (χ0) is 17.8. The zero-order valence-corrected chi connectivity index (χ0v) is 14.0. The number of aryl methyl sites for hydroxylation is 2. The van der Waals surface area contributed by atoms with Crippen molar-refractivity contribution in [3.8, 4) is 11.1 Å². The SMILES string of the molecule is CC.CC(=O)c1ccc(C)c(-c2ccc(C)c(C(F)(F)F)c2)c1. The van der Waals surface area contributed by atoms with Gasteiger partial charge in [-0.3, -0.25) is 4.79 Å². The highest BCUT2D eigenvalue weighted by Gasteiger charge is 2.32. The summed E-state index contributed by atoms with van der Waals surface area (Å²) in [6.45, 7) is 8.68. The first kappa shape index (κ1) is 18.9. The van der Waals surface area contributed by atoms with Gasteiger partial charge in [-0.25, -0.2) is 0 Å². The van der Waals surface area contributed by atoms with Crippen molar-refractivity contribution in [2.45, 2.75) is 40.8 Å². The van der Waals surface area contributed by atoms with Crippen LogP contribution in [0.15, 0.2) is 36.4 Å². The Kier molecular flexibility index (Phi) is 6.13. The zero-order valence-electron chi connectivity index (χ0n) is 14.0. The highest BCUT2D eigenvalue weighted by molar-refractivity contribution is 5.95. The molecule has 0 saturated carbocycles. The van der Waals surface area contributed by atoms with Gasteiger partial charge in [0.05, 0.1) is 5.56 Å². The van der Waals surface area contributed by atoms with Crippen LogP contribution in [0, 0.1) is 13.8 Å². The Bertz CT molecular complexity index is 700. The van der Waals surface area contributed by atoms with E-state index in [9.17, 15) is 18.0 Å². The molecule has 0 aliphatic rings. The molecular weight excluding hydrogens is 301 g/mol. The van der Waals surface area contributed by atoms with Gasteiger partial charge in [-0.15, -0.1) is 0 Å². The van der Waals surface area contributed by atoms with E-state index in [1.165, 1.54) is 19.9 Å². The van der Waals surface area contributed by atoms with Crippen LogP contribution in [-0.2, 0) is 6.18 Å². The topological polar surface area (TPSA) is 17.1 Å². The Morgan fingerprint density at radius 1 is 0.913 bits per heavy atom. The van der Waals surface area contributed by atoms with Crippen LogP contribution < -0.4 is 0 Å². The number of Topliss-reactive ketones (excluding diaryl/α,β-unsaturated/α-hetero) is 1. The second-order valence-electron chi connectivity index (χ2n) is 5.11. The second kappa shape index (κ2) is 7.44. The summed E-state index contributed by atoms with van der Waals surface area (Å²) in [5.41, 5.74) is 1.97. The summed E-state index contributed by atoms with van der Waals surface area (Å²) in [7, 11) is 0. The molecule has 23 heavy (non-hydrogen) atoms. The largest absolute Gasteiger partial charge is 0.416 e. The predicted molar refractivity (Wildman–Crippen MR) is 87.7 cm³/mol. The Morgan fingerprint density at radius 2 is 1.48 bits per heavy atom. The van der Waals surface area contributed by atoms with Gasteiger partial charge in [0.1, 0.15) is 0 Å². The molecule has 2 aromatic carbocycles. The van der Waals surface area contributed by atoms with Crippen molar-refractivity contribution < 1.29 is 18.0 Å². The summed E-state index contributed by atoms with van der Waals surface area (Å²) in [6, 6.07) is 9.32. The number of hydrogen-bond acceptors (Lipinski definition) is 1. The molecule has 2 aromatic rings. The molecule has 0 unspecified atom stereocenters. The molecule has 0 bridgehead atoms. The van der Waals surface area contributed by atoms with Crippen molar-refractivity contribution in [2.24, 2.45) is 0 Å². The van der Waals surface area contributed by atoms with Crippen LogP contribution in [-0.4, -0.2) is 5.78 Å². The molecule has 0 aromatic heterocycles. The normalized spacial score (nSPS) is 10.8. The van der Waals surface area contributed by atoms with Crippen LogP contribution in [0.1, 0.15) is 47.8 Å². The van der Waals surface area contributed by atoms with Gasteiger partial charge in [-0.1, -0.05) is 38.1 Å². The summed E-state index contributed by atoms with van der Waals surface area (Å²) in [5.74, 6) is -0.112. The number of benzene rings is 2. The van der Waals surface area contributed by atoms with Gasteiger partial charge in [-0.2, -0.15) is 13.2 Å². The molecule has 0 saturated heterocycles. The lowest BCUT2D eigenvalue weighted by molar-refractivity contribution is -0.138. The molecule has 0 atom stereocenters. The van der Waals surface area contributed by atoms with E-state index in [1.54, 1.807) is 24.3 Å². The van der Waals surface area contributed by atoms with Crippen LogP contribution in [0.5, 0.6) is 0 Å². The molecule has 0 heterocycles. The van der Waals surface area contributed by atoms with Crippen molar-refractivity contribution in [1.82, 2.24) is 0 Å². The van der Waals surface area contributed by atoms with E-state index in [2.05, 4.69) is 0 Å². The highest BCUT2D eigenvalue weighted by Crippen LogP contribution is 2.35. The molecule has 0 radical (unpaired) electrons. The summed E-state index contributed by atoms with van der Waals surface area (Å²) in [5, 5.41) is 0. The molecule has 2 rings (SSSR count). The maximum Gasteiger partial charge on any atom is 0.416 e. The van der Waals surface area contributed by atoms with Crippen molar-refractivity contribution in [2.75, 3.05) is 0 Å². The molecule has 0 N–H and O–H groups in total. The van der Waals surface area contributed by atoms with E-state index >= 15 is 0 Å². The fourth-order valence-electron chi connectivity index (χ4n) is 2.25. The number of carbonyl (C=O) groups is 1. The molecule has 0 aliphatic heterocycles. The van der Waals surface area contributed by atoms with Crippen molar-refractivity contribution in [3.05, 3.63) is 58.7 Å². The van der Waals surface area contributed by atoms with Gasteiger partial charge in [0, 0.05) is 5.56 Å². The van der Waals surface area contributed by atoms with Gasteiger partial charge in [0.15, 0.2) is 5.78 Å². The average Bonchev–Trinajstić information content (AvgIpc) is 2.49. The summed E-state index contributed by atoms with van der Waals surface area (Å²) < 4.78 is 39.0. The standard InChI is InChI=1S/C17H15F3O.C2H6/c1-10-4-6-13(12(3)21)8-15(10)14-7-5-11(2)16(9-14)17(18,19)20;1-2/h4-9H,1-3H3;1-2H3. The van der Waals surface area contributed by atoms with Gasteiger partial charge in [0.25, 0.3) is 0 Å². The number of halogens is 3. The minimum Gasteiger partial charge on any atom is -0.295 e. The lowest BCUT2D eigenvalue weighted by Gasteiger charge is -2.14. The minimum absolute atomic E-state index is 0.112. The summed E-state index contributed by atoms with van der Waals surface area (Å²) >= 11 is 0. The first-order valence-corrected chi connectivity index (χ1v) is 7.50. The number of carbonyl (C=O) groups excluding carboxylic acids is 1. The van der Waals surface area contributed by atoms with E-state index in [-0.39, 0.29) is 11.3 Å². The van der Waals surface area contributed by atoms with Crippen LogP contribution in [0.25, 0.3) is 11.1 Å². The quantitative estimate of drug-likeness (QED) is 0.600. The van der Waals surface area contributed by atoms with Gasteiger partial charge < -0.3 is 0 Å². The van der Waals surface area contributed by atoms with Gasteiger partial charge >= 0.3 is 6.18 Å². The van der Waals surface area contributed by atoms with Crippen LogP contribution in [0.2, 0.25) is 0 Å². The van der Waals surface area contributed by atoms with Crippen molar-refractivity contribution in [3.63, 3.8) is 0 Å². The molecule has 124 valence electrons. The van der Waals surface area contributed by atoms with E-state index in [1.807, 2.05) is 20.8 Å². The number of alkyl halides is 3. The lowest BCUT2D eigenvalue weighted by atomic mass is 9.94. The maximum atomic E-state index is 13.0. The molecule has 0 fully saturated rings. The Morgan fingerprint density at radius 3 is 2.00 bits per heavy atom. The monoisotopic (exact) mass is 322 g/mol. The Hall–Kier alpha value is -2.10. The van der Waals surface area contributed by atoms with Crippen LogP contribution in [0.4, 0.5) is 13.2 Å². The molecule has 0 aliphatic carbocycles. The van der Waals surface area contributed by atoms with Crippen LogP contribution >= 0.6 is 0 Å². The summed E-state index contributed by atoms with van der Waals surface area (Å²) in [4.78, 5) is 11.4. The molecular formula is C19H21F3O. The third-order valence-electron chi connectivity index (χ3n) is 3.50. The highest BCUT2D eigenvalue weighted by atomic mass is 19.4. The Labute approximate surface area is 135 Å². The smallest absolute Gasteiger partial charge is 0.295 e. The van der Waals surface area contributed by atoms with Crippen molar-refractivity contribution >= 4 is 5.78 Å². The van der Waals surface area contributed by atoms with E-state index < -0.39 is 11.7 Å². The fraction of sp³-hybridized carbons (Fsp3) is 0.316. The predicted octanol–water partition coefficient (Wildman–Crippen LogP) is 6.22. The lowest BCUT2D eigenvalue weighted by Crippen LogP contribution is -2.07. The van der Waals surface area contributed by atoms with Gasteiger partial charge in [0.2, 0.25) is 0 Å². The van der Waals surface area contributed by atoms with E-state index in [4.69, 9.17) is 0 Å². The molecule has 0 amide bonds. The first-order chi connectivity index (χ1) is 10.7. The second-order valence-corrected chi connectivity index (χ2v) is 5.11. The number of hydrogen-bond donors (Lipinski definition) is 0. The minimum atomic E-state index is -4.38. The molecule has 1 nitrogen and oxygen atoms in total. The van der Waals surface area contributed by atoms with Crippen molar-refractivity contribution in [1.29, 1.82) is 0 Å². The summed E-state index contributed by atoms with van der Waals surface area (Å²) in [6.07, 6.45) is -4.38. The third kappa shape index (κ3) is 4.44. The van der Waals surface area contributed by atoms with E-state index in [0.717, 1.165) is 11.6 Å². The fourth-order valence-corrected chi connectivity index (χ4v) is 2.25. The molecule has 4 heteroatoms. The third-order valence-corrected chi connectivity index (χ3v) is 3.50. The van der Waals surface area contributed by atoms with E-state index in [0.29, 0.717) is 16.7 Å². The average molecular weight is 322 g/mol. The van der Waals surface area contributed by atoms with Gasteiger partial charge in [-0.05, 0) is 55.2 Å².